The molecule has 0 saturated carbocycles. The van der Waals surface area contributed by atoms with Crippen LogP contribution in [0.3, 0.4) is 0 Å². The van der Waals surface area contributed by atoms with E-state index in [0.29, 0.717) is 13.2 Å². The molecule has 0 aliphatic heterocycles. The number of aliphatic imine (C=N–C) groups is 1. The minimum Gasteiger partial charge on any atom is -0.490 e. The maximum atomic E-state index is 5.59. The molecule has 0 spiro atoms. The van der Waals surface area contributed by atoms with E-state index in [-0.39, 0.29) is 24.0 Å². The molecule has 0 radical (unpaired) electrons. The highest BCUT2D eigenvalue weighted by Crippen LogP contribution is 2.08. The van der Waals surface area contributed by atoms with Crippen LogP contribution in [-0.2, 0) is 6.42 Å². The predicted molar refractivity (Wildman–Crippen MR) is 107 cm³/mol. The molecule has 0 saturated heterocycles. The van der Waals surface area contributed by atoms with E-state index in [2.05, 4.69) is 45.0 Å². The summed E-state index contributed by atoms with van der Waals surface area (Å²) in [6.45, 7) is 4.94. The first kappa shape index (κ1) is 19.7. The zero-order chi connectivity index (χ0) is 15.5. The van der Waals surface area contributed by atoms with Crippen molar-refractivity contribution in [3.8, 4) is 5.75 Å². The Labute approximate surface area is 158 Å². The first-order valence-corrected chi connectivity index (χ1v) is 8.34. The van der Waals surface area contributed by atoms with Crippen molar-refractivity contribution in [1.29, 1.82) is 0 Å². The van der Waals surface area contributed by atoms with Crippen LogP contribution in [-0.4, -0.2) is 37.2 Å². The number of guanidine groups is 1. The van der Waals surface area contributed by atoms with Crippen molar-refractivity contribution < 1.29 is 4.74 Å². The standard InChI is InChI=1S/C16H22N4OS.HI/c1-2-18-16(19-9-7-15-6-4-12-22-15)20-10-11-21-14-5-3-8-17-13-14;/h3-6,8,12-13H,2,7,9-11H2,1H3,(H2,18,19,20);1H. The van der Waals surface area contributed by atoms with E-state index in [1.54, 1.807) is 23.7 Å². The van der Waals surface area contributed by atoms with Crippen molar-refractivity contribution in [2.24, 2.45) is 4.99 Å². The summed E-state index contributed by atoms with van der Waals surface area (Å²) in [5, 5.41) is 8.60. The van der Waals surface area contributed by atoms with Gasteiger partial charge in [0.05, 0.1) is 12.7 Å². The molecule has 0 aliphatic carbocycles. The van der Waals surface area contributed by atoms with Gasteiger partial charge < -0.3 is 15.4 Å². The van der Waals surface area contributed by atoms with Gasteiger partial charge >= 0.3 is 0 Å². The quantitative estimate of drug-likeness (QED) is 0.284. The molecule has 0 unspecified atom stereocenters. The van der Waals surface area contributed by atoms with Crippen molar-refractivity contribution in [2.75, 3.05) is 26.2 Å². The molecule has 0 fully saturated rings. The van der Waals surface area contributed by atoms with Crippen LogP contribution in [0.4, 0.5) is 0 Å². The number of pyridine rings is 1. The third-order valence-corrected chi connectivity index (χ3v) is 3.79. The first-order valence-electron chi connectivity index (χ1n) is 7.46. The average Bonchev–Trinajstić information content (AvgIpc) is 3.06. The number of nitrogens with one attached hydrogen (secondary N) is 2. The zero-order valence-corrected chi connectivity index (χ0v) is 16.3. The van der Waals surface area contributed by atoms with E-state index in [1.807, 2.05) is 12.1 Å². The van der Waals surface area contributed by atoms with Crippen molar-refractivity contribution in [1.82, 2.24) is 15.6 Å². The van der Waals surface area contributed by atoms with E-state index < -0.39 is 0 Å². The number of hydrogen-bond donors (Lipinski definition) is 2. The summed E-state index contributed by atoms with van der Waals surface area (Å²) in [7, 11) is 0. The Hall–Kier alpha value is -1.35. The van der Waals surface area contributed by atoms with Crippen LogP contribution in [0.5, 0.6) is 5.75 Å². The van der Waals surface area contributed by atoms with Crippen LogP contribution in [0.2, 0.25) is 0 Å². The van der Waals surface area contributed by atoms with Gasteiger partial charge in [-0.2, -0.15) is 0 Å². The van der Waals surface area contributed by atoms with E-state index in [1.165, 1.54) is 4.88 Å². The molecule has 126 valence electrons. The summed E-state index contributed by atoms with van der Waals surface area (Å²) in [6, 6.07) is 7.97. The number of rotatable bonds is 8. The Kier molecular flexibility index (Phi) is 10.4. The Morgan fingerprint density at radius 3 is 2.91 bits per heavy atom. The monoisotopic (exact) mass is 446 g/mol. The second kappa shape index (κ2) is 12.1. The lowest BCUT2D eigenvalue weighted by atomic mass is 10.3. The third kappa shape index (κ3) is 8.17. The summed E-state index contributed by atoms with van der Waals surface area (Å²) in [6.07, 6.45) is 4.41. The normalized spacial score (nSPS) is 10.7. The Morgan fingerprint density at radius 2 is 2.22 bits per heavy atom. The van der Waals surface area contributed by atoms with Crippen LogP contribution < -0.4 is 15.4 Å². The second-order valence-electron chi connectivity index (χ2n) is 4.55. The molecule has 0 amide bonds. The first-order chi connectivity index (χ1) is 10.9. The van der Waals surface area contributed by atoms with Crippen LogP contribution in [0, 0.1) is 0 Å². The maximum Gasteiger partial charge on any atom is 0.191 e. The molecule has 0 bridgehead atoms. The smallest absolute Gasteiger partial charge is 0.191 e. The largest absolute Gasteiger partial charge is 0.490 e. The molecule has 5 nitrogen and oxygen atoms in total. The fourth-order valence-corrected chi connectivity index (χ4v) is 2.54. The summed E-state index contributed by atoms with van der Waals surface area (Å²) in [4.78, 5) is 9.94. The highest BCUT2D eigenvalue weighted by molar-refractivity contribution is 14.0. The van der Waals surface area contributed by atoms with E-state index in [4.69, 9.17) is 4.74 Å². The molecule has 0 aliphatic rings. The summed E-state index contributed by atoms with van der Waals surface area (Å²) in [5.74, 6) is 1.61. The van der Waals surface area contributed by atoms with E-state index >= 15 is 0 Å². The number of aromatic nitrogens is 1. The fraction of sp³-hybridized carbons (Fsp3) is 0.375. The molecule has 2 aromatic heterocycles. The summed E-state index contributed by atoms with van der Waals surface area (Å²) in [5.41, 5.74) is 0. The van der Waals surface area contributed by atoms with Gasteiger partial charge in [-0.3, -0.25) is 9.98 Å². The van der Waals surface area contributed by atoms with Gasteiger partial charge in [0, 0.05) is 30.6 Å². The lowest BCUT2D eigenvalue weighted by Gasteiger charge is -2.11. The van der Waals surface area contributed by atoms with E-state index in [9.17, 15) is 0 Å². The molecule has 0 atom stereocenters. The SMILES string of the molecule is CCNC(=NCCc1cccs1)NCCOc1cccnc1.I. The summed E-state index contributed by atoms with van der Waals surface area (Å²) < 4.78 is 5.59. The van der Waals surface area contributed by atoms with E-state index in [0.717, 1.165) is 31.2 Å². The Bertz CT molecular complexity index is 548. The minimum absolute atomic E-state index is 0. The molecule has 2 rings (SSSR count). The molecular weight excluding hydrogens is 423 g/mol. The van der Waals surface area contributed by atoms with Crippen molar-refractivity contribution in [3.63, 3.8) is 0 Å². The van der Waals surface area contributed by atoms with Crippen molar-refractivity contribution in [3.05, 3.63) is 46.9 Å². The number of ether oxygens (including phenoxy) is 1. The second-order valence-corrected chi connectivity index (χ2v) is 5.59. The molecule has 0 aromatic carbocycles. The van der Waals surface area contributed by atoms with Crippen LogP contribution in [0.15, 0.2) is 47.0 Å². The minimum atomic E-state index is 0. The highest BCUT2D eigenvalue weighted by Gasteiger charge is 1.98. The molecule has 23 heavy (non-hydrogen) atoms. The molecular formula is C16H23IN4OS. The van der Waals surface area contributed by atoms with Gasteiger partial charge in [0.1, 0.15) is 12.4 Å². The number of halogens is 1. The van der Waals surface area contributed by atoms with Crippen LogP contribution in [0.25, 0.3) is 0 Å². The fourth-order valence-electron chi connectivity index (χ4n) is 1.85. The van der Waals surface area contributed by atoms with Gasteiger partial charge in [0.15, 0.2) is 5.96 Å². The zero-order valence-electron chi connectivity index (χ0n) is 13.2. The average molecular weight is 446 g/mol. The van der Waals surface area contributed by atoms with Gasteiger partial charge in [-0.1, -0.05) is 6.07 Å². The van der Waals surface area contributed by atoms with Gasteiger partial charge in [-0.25, -0.2) is 0 Å². The Balaban J connectivity index is 0.00000264. The molecule has 7 heteroatoms. The molecule has 2 N–H and O–H groups in total. The number of hydrogen-bond acceptors (Lipinski definition) is 4. The Morgan fingerprint density at radius 1 is 1.30 bits per heavy atom. The van der Waals surface area contributed by atoms with Crippen LogP contribution >= 0.6 is 35.3 Å². The summed E-state index contributed by atoms with van der Waals surface area (Å²) >= 11 is 1.77. The number of thiophene rings is 1. The van der Waals surface area contributed by atoms with Gasteiger partial charge in [0.25, 0.3) is 0 Å². The maximum absolute atomic E-state index is 5.59. The molecule has 2 heterocycles. The topological polar surface area (TPSA) is 58.5 Å². The van der Waals surface area contributed by atoms with Gasteiger partial charge in [-0.15, -0.1) is 35.3 Å². The van der Waals surface area contributed by atoms with Gasteiger partial charge in [-0.05, 0) is 30.5 Å². The predicted octanol–water partition coefficient (Wildman–Crippen LogP) is 2.94. The lowest BCUT2D eigenvalue weighted by molar-refractivity contribution is 0.320. The molecule has 2 aromatic rings. The van der Waals surface area contributed by atoms with Crippen LogP contribution in [0.1, 0.15) is 11.8 Å². The number of nitrogens with zero attached hydrogens (tertiary/aromatic N) is 2. The third-order valence-electron chi connectivity index (χ3n) is 2.85. The lowest BCUT2D eigenvalue weighted by Crippen LogP contribution is -2.39. The van der Waals surface area contributed by atoms with Crippen molar-refractivity contribution >= 4 is 41.3 Å². The van der Waals surface area contributed by atoms with Crippen molar-refractivity contribution in [2.45, 2.75) is 13.3 Å². The van der Waals surface area contributed by atoms with Gasteiger partial charge in [0.2, 0.25) is 0 Å². The highest BCUT2D eigenvalue weighted by atomic mass is 127.